The van der Waals surface area contributed by atoms with Gasteiger partial charge < -0.3 is 15.3 Å². The van der Waals surface area contributed by atoms with Crippen molar-refractivity contribution in [3.05, 3.63) is 34.9 Å². The monoisotopic (exact) mass is 521 g/mol. The number of nitrogens with zero attached hydrogens (tertiary/aromatic N) is 2. The van der Waals surface area contributed by atoms with Crippen LogP contribution in [0.2, 0.25) is 0 Å². The van der Waals surface area contributed by atoms with E-state index in [1.807, 2.05) is 0 Å². The standard InChI is InChI=1S/C24H29F6N3O3/c1-13-14(6-5-7-15(13)21(34)33-8-3-2-4-9-33)10-32-11-16-17(12-32)19(22(35)36)31-18(16)20(23(25,26)27)24(28,29)30/h5-7,16-20,31H,2-4,8-12H2,1H3,(H,35,36). The van der Waals surface area contributed by atoms with Gasteiger partial charge in [0.05, 0.1) is 0 Å². The lowest BCUT2D eigenvalue weighted by atomic mass is 9.84. The number of halogens is 6. The quantitative estimate of drug-likeness (QED) is 0.577. The number of carbonyl (C=O) groups excluding carboxylic acids is 1. The van der Waals surface area contributed by atoms with Crippen molar-refractivity contribution in [1.29, 1.82) is 0 Å². The van der Waals surface area contributed by atoms with Crippen molar-refractivity contribution in [2.45, 2.75) is 57.2 Å². The van der Waals surface area contributed by atoms with Gasteiger partial charge in [-0.05, 0) is 49.3 Å². The van der Waals surface area contributed by atoms with Crippen molar-refractivity contribution in [2.75, 3.05) is 26.2 Å². The molecule has 36 heavy (non-hydrogen) atoms. The van der Waals surface area contributed by atoms with E-state index in [0.717, 1.165) is 24.8 Å². The molecule has 0 aliphatic carbocycles. The number of aliphatic carboxylic acids is 1. The van der Waals surface area contributed by atoms with Crippen molar-refractivity contribution >= 4 is 11.9 Å². The normalized spacial score (nSPS) is 27.5. The van der Waals surface area contributed by atoms with Crippen LogP contribution >= 0.6 is 0 Å². The smallest absolute Gasteiger partial charge is 0.402 e. The number of carboxylic acid groups (broad SMARTS) is 1. The predicted molar refractivity (Wildman–Crippen MR) is 117 cm³/mol. The molecule has 4 rings (SSSR count). The summed E-state index contributed by atoms with van der Waals surface area (Å²) in [7, 11) is 0. The molecule has 3 fully saturated rings. The lowest BCUT2D eigenvalue weighted by Gasteiger charge is -2.32. The molecule has 2 N–H and O–H groups in total. The third-order valence-electron chi connectivity index (χ3n) is 7.79. The fraction of sp³-hybridized carbons (Fsp3) is 0.667. The number of alkyl halides is 6. The first-order valence-corrected chi connectivity index (χ1v) is 12.0. The summed E-state index contributed by atoms with van der Waals surface area (Å²) in [6, 6.07) is 1.60. The Labute approximate surface area is 204 Å². The summed E-state index contributed by atoms with van der Waals surface area (Å²) in [5.41, 5.74) is 1.96. The number of carbonyl (C=O) groups is 2. The van der Waals surface area contributed by atoms with Gasteiger partial charge in [-0.1, -0.05) is 12.1 Å². The van der Waals surface area contributed by atoms with Gasteiger partial charge in [-0.3, -0.25) is 14.5 Å². The van der Waals surface area contributed by atoms with Crippen LogP contribution < -0.4 is 5.32 Å². The minimum Gasteiger partial charge on any atom is -0.480 e. The predicted octanol–water partition coefficient (Wildman–Crippen LogP) is 3.83. The second-order valence-corrected chi connectivity index (χ2v) is 10.0. The number of likely N-dealkylation sites (tertiary alicyclic amines) is 2. The van der Waals surface area contributed by atoms with Crippen LogP contribution in [0.1, 0.15) is 40.7 Å². The zero-order chi connectivity index (χ0) is 26.4. The molecule has 3 saturated heterocycles. The van der Waals surface area contributed by atoms with Crippen molar-refractivity contribution in [3.63, 3.8) is 0 Å². The van der Waals surface area contributed by atoms with Crippen molar-refractivity contribution in [3.8, 4) is 0 Å². The van der Waals surface area contributed by atoms with Gasteiger partial charge in [-0.25, -0.2) is 0 Å². The number of amides is 1. The lowest BCUT2D eigenvalue weighted by Crippen LogP contribution is -2.53. The zero-order valence-electron chi connectivity index (χ0n) is 19.7. The molecule has 200 valence electrons. The molecule has 3 heterocycles. The summed E-state index contributed by atoms with van der Waals surface area (Å²) >= 11 is 0. The van der Waals surface area contributed by atoms with Gasteiger partial charge >= 0.3 is 18.3 Å². The van der Waals surface area contributed by atoms with E-state index in [9.17, 15) is 41.0 Å². The Bertz CT molecular complexity index is 978. The number of carboxylic acids is 1. The van der Waals surface area contributed by atoms with Gasteiger partial charge in [0, 0.05) is 50.2 Å². The Kier molecular flexibility index (Phi) is 7.31. The molecular weight excluding hydrogens is 492 g/mol. The molecule has 0 saturated carbocycles. The Morgan fingerprint density at radius 3 is 2.22 bits per heavy atom. The van der Waals surface area contributed by atoms with E-state index in [1.54, 1.807) is 34.9 Å². The Morgan fingerprint density at radius 2 is 1.64 bits per heavy atom. The highest BCUT2D eigenvalue weighted by atomic mass is 19.4. The van der Waals surface area contributed by atoms with Crippen molar-refractivity contribution < 1.29 is 41.0 Å². The van der Waals surface area contributed by atoms with Crippen LogP contribution in [0.5, 0.6) is 0 Å². The summed E-state index contributed by atoms with van der Waals surface area (Å²) in [6.45, 7) is 3.24. The molecule has 12 heteroatoms. The average Bonchev–Trinajstić information content (AvgIpc) is 3.33. The maximum absolute atomic E-state index is 13.5. The number of fused-ring (bicyclic) bond motifs is 1. The minimum absolute atomic E-state index is 0.0390. The summed E-state index contributed by atoms with van der Waals surface area (Å²) in [5.74, 6) is -7.27. The summed E-state index contributed by atoms with van der Waals surface area (Å²) < 4.78 is 80.8. The van der Waals surface area contributed by atoms with Crippen LogP contribution in [0.15, 0.2) is 18.2 Å². The van der Waals surface area contributed by atoms with E-state index in [1.165, 1.54) is 0 Å². The Balaban J connectivity index is 1.55. The first-order chi connectivity index (χ1) is 16.8. The average molecular weight is 522 g/mol. The van der Waals surface area contributed by atoms with E-state index < -0.39 is 48.2 Å². The maximum Gasteiger partial charge on any atom is 0.402 e. The molecule has 1 aromatic rings. The van der Waals surface area contributed by atoms with Crippen LogP contribution in [-0.2, 0) is 11.3 Å². The van der Waals surface area contributed by atoms with E-state index in [4.69, 9.17) is 0 Å². The Hall–Kier alpha value is -2.34. The lowest BCUT2D eigenvalue weighted by molar-refractivity contribution is -0.293. The highest BCUT2D eigenvalue weighted by Crippen LogP contribution is 2.48. The van der Waals surface area contributed by atoms with Crippen LogP contribution in [-0.4, -0.2) is 77.4 Å². The molecule has 0 spiro atoms. The van der Waals surface area contributed by atoms with E-state index in [2.05, 4.69) is 5.32 Å². The molecule has 4 unspecified atom stereocenters. The van der Waals surface area contributed by atoms with Crippen molar-refractivity contribution in [1.82, 2.24) is 15.1 Å². The molecular formula is C24H29F6N3O3. The fourth-order valence-electron chi connectivity index (χ4n) is 6.04. The van der Waals surface area contributed by atoms with Gasteiger partial charge in [0.25, 0.3) is 5.91 Å². The number of hydrogen-bond donors (Lipinski definition) is 2. The molecule has 3 aliphatic heterocycles. The third kappa shape index (κ3) is 5.20. The van der Waals surface area contributed by atoms with Crippen molar-refractivity contribution in [2.24, 2.45) is 17.8 Å². The topological polar surface area (TPSA) is 72.9 Å². The molecule has 0 radical (unpaired) electrons. The number of hydrogen-bond acceptors (Lipinski definition) is 4. The van der Waals surface area contributed by atoms with Gasteiger partial charge in [-0.15, -0.1) is 0 Å². The van der Waals surface area contributed by atoms with E-state index in [0.29, 0.717) is 24.2 Å². The number of benzene rings is 1. The fourth-order valence-corrected chi connectivity index (χ4v) is 6.04. The number of rotatable bonds is 5. The van der Waals surface area contributed by atoms with Gasteiger partial charge in [-0.2, -0.15) is 26.3 Å². The molecule has 0 bridgehead atoms. The van der Waals surface area contributed by atoms with Crippen LogP contribution in [0.4, 0.5) is 26.3 Å². The van der Waals surface area contributed by atoms with Crippen LogP contribution in [0, 0.1) is 24.7 Å². The molecule has 4 atom stereocenters. The summed E-state index contributed by atoms with van der Waals surface area (Å²) in [4.78, 5) is 28.2. The SMILES string of the molecule is Cc1c(CN2CC3C(C(=O)O)NC(C(C(F)(F)F)C(F)(F)F)C3C2)cccc1C(=O)N1CCCCC1. The molecule has 3 aliphatic rings. The summed E-state index contributed by atoms with van der Waals surface area (Å²) in [6.07, 6.45) is -8.21. The number of piperidine rings is 1. The van der Waals surface area contributed by atoms with Gasteiger partial charge in [0.15, 0.2) is 5.92 Å². The molecule has 1 amide bonds. The number of nitrogens with one attached hydrogen (secondary N) is 1. The minimum atomic E-state index is -5.57. The highest BCUT2D eigenvalue weighted by Gasteiger charge is 2.66. The highest BCUT2D eigenvalue weighted by molar-refractivity contribution is 5.96. The van der Waals surface area contributed by atoms with E-state index in [-0.39, 0.29) is 25.5 Å². The molecule has 0 aromatic heterocycles. The maximum atomic E-state index is 13.5. The van der Waals surface area contributed by atoms with Crippen LogP contribution in [0.25, 0.3) is 0 Å². The molecule has 1 aromatic carbocycles. The largest absolute Gasteiger partial charge is 0.480 e. The Morgan fingerprint density at radius 1 is 1.03 bits per heavy atom. The van der Waals surface area contributed by atoms with Gasteiger partial charge in [0.2, 0.25) is 0 Å². The summed E-state index contributed by atoms with van der Waals surface area (Å²) in [5, 5.41) is 11.7. The third-order valence-corrected chi connectivity index (χ3v) is 7.79. The van der Waals surface area contributed by atoms with Crippen LogP contribution in [0.3, 0.4) is 0 Å². The second kappa shape index (κ2) is 9.85. The first-order valence-electron chi connectivity index (χ1n) is 12.0. The molecule has 6 nitrogen and oxygen atoms in total. The first kappa shape index (κ1) is 26.7. The zero-order valence-corrected chi connectivity index (χ0v) is 19.7. The van der Waals surface area contributed by atoms with E-state index >= 15 is 0 Å². The second-order valence-electron chi connectivity index (χ2n) is 10.0. The van der Waals surface area contributed by atoms with Gasteiger partial charge in [0.1, 0.15) is 6.04 Å².